The molecule has 0 aliphatic rings. The molecule has 0 aliphatic carbocycles. The summed E-state index contributed by atoms with van der Waals surface area (Å²) in [4.78, 5) is 15.3. The lowest BCUT2D eigenvalue weighted by Gasteiger charge is -2.05. The lowest BCUT2D eigenvalue weighted by Crippen LogP contribution is -2.04. The Hall–Kier alpha value is -2.49. The van der Waals surface area contributed by atoms with E-state index in [1.54, 1.807) is 6.20 Å². The van der Waals surface area contributed by atoms with Gasteiger partial charge in [-0.15, -0.1) is 0 Å². The summed E-state index contributed by atoms with van der Waals surface area (Å²) >= 11 is 2.14. The minimum Gasteiger partial charge on any atom is -0.341 e. The number of hydrogen-bond donors (Lipinski definition) is 4. The van der Waals surface area contributed by atoms with Gasteiger partial charge in [-0.25, -0.2) is 9.97 Å². The van der Waals surface area contributed by atoms with Crippen LogP contribution in [0.15, 0.2) is 60.9 Å². The van der Waals surface area contributed by atoms with Crippen molar-refractivity contribution in [1.82, 2.24) is 19.9 Å². The van der Waals surface area contributed by atoms with Gasteiger partial charge in [0.15, 0.2) is 0 Å². The number of alkyl halides is 1. The summed E-state index contributed by atoms with van der Waals surface area (Å²) in [6, 6.07) is 16.7. The van der Waals surface area contributed by atoms with Gasteiger partial charge in [0.2, 0.25) is 0 Å². The van der Waals surface area contributed by atoms with Gasteiger partial charge in [-0.3, -0.25) is 0 Å². The number of imidazole rings is 2. The molecular formula is C21H21IN6. The summed E-state index contributed by atoms with van der Waals surface area (Å²) in [6.07, 6.45) is 3.61. The Kier molecular flexibility index (Phi) is 5.29. The number of nitrogens with two attached hydrogens (primary N) is 2. The Balaban J connectivity index is 1.54. The van der Waals surface area contributed by atoms with Crippen molar-refractivity contribution in [3.05, 3.63) is 72.4 Å². The lowest BCUT2D eigenvalue weighted by atomic mass is 10.0. The maximum atomic E-state index is 5.89. The molecule has 0 aliphatic heterocycles. The van der Waals surface area contributed by atoms with Gasteiger partial charge in [0.25, 0.3) is 0 Å². The van der Waals surface area contributed by atoms with E-state index in [9.17, 15) is 0 Å². The molecule has 6 nitrogen and oxygen atoms in total. The van der Waals surface area contributed by atoms with Crippen molar-refractivity contribution in [2.45, 2.75) is 17.0 Å². The normalized spacial score (nSPS) is 13.4. The molecule has 0 amide bonds. The van der Waals surface area contributed by atoms with E-state index in [1.165, 1.54) is 0 Å². The van der Waals surface area contributed by atoms with Gasteiger partial charge in [0, 0.05) is 11.6 Å². The number of H-pyrrole nitrogens is 2. The van der Waals surface area contributed by atoms with Crippen molar-refractivity contribution in [2.24, 2.45) is 11.5 Å². The van der Waals surface area contributed by atoms with Gasteiger partial charge in [0.1, 0.15) is 15.7 Å². The molecule has 0 saturated carbocycles. The van der Waals surface area contributed by atoms with Crippen LogP contribution in [0.1, 0.15) is 28.5 Å². The molecule has 142 valence electrons. The number of nitrogens with one attached hydrogen (secondary N) is 2. The lowest BCUT2D eigenvalue weighted by molar-refractivity contribution is 0.789. The third kappa shape index (κ3) is 3.87. The fourth-order valence-corrected chi connectivity index (χ4v) is 3.32. The summed E-state index contributed by atoms with van der Waals surface area (Å²) in [5.74, 6) is 1.61. The number of nitrogens with zero attached hydrogens (tertiary/aromatic N) is 2. The maximum absolute atomic E-state index is 5.89. The number of halogens is 1. The zero-order valence-electron chi connectivity index (χ0n) is 15.4. The highest BCUT2D eigenvalue weighted by Crippen LogP contribution is 2.27. The van der Waals surface area contributed by atoms with Gasteiger partial charge in [-0.2, -0.15) is 0 Å². The van der Waals surface area contributed by atoms with E-state index in [-0.39, 0.29) is 10.1 Å². The van der Waals surface area contributed by atoms with Gasteiger partial charge in [-0.1, -0.05) is 71.1 Å². The molecule has 28 heavy (non-hydrogen) atoms. The number of benzene rings is 2. The molecule has 4 aromatic rings. The second-order valence-electron chi connectivity index (χ2n) is 6.71. The van der Waals surface area contributed by atoms with E-state index < -0.39 is 0 Å². The molecule has 7 heteroatoms. The third-order valence-corrected chi connectivity index (χ3v) is 5.22. The predicted octanol–water partition coefficient (Wildman–Crippen LogP) is 4.55. The molecule has 0 spiro atoms. The van der Waals surface area contributed by atoms with Crippen LogP contribution in [0.5, 0.6) is 0 Å². The van der Waals surface area contributed by atoms with Crippen LogP contribution in [-0.4, -0.2) is 19.9 Å². The van der Waals surface area contributed by atoms with Crippen LogP contribution >= 0.6 is 22.6 Å². The van der Waals surface area contributed by atoms with E-state index in [1.807, 2.05) is 13.1 Å². The zero-order chi connectivity index (χ0) is 19.7. The van der Waals surface area contributed by atoms with Crippen molar-refractivity contribution in [2.75, 3.05) is 0 Å². The largest absolute Gasteiger partial charge is 0.341 e. The standard InChI is InChI=1S/C21H21IN6/c1-12(23)17-10-25-20(27-17)16-8-4-14(5-9-16)13-2-6-15(7-3-13)18-11-26-21(28-18)19(22)24/h2-12,19H,23-24H2,1H3,(H,25,27)(H,26,28). The summed E-state index contributed by atoms with van der Waals surface area (Å²) in [7, 11) is 0. The molecule has 2 atom stereocenters. The highest BCUT2D eigenvalue weighted by Gasteiger charge is 2.09. The Bertz CT molecular complexity index is 973. The summed E-state index contributed by atoms with van der Waals surface area (Å²) < 4.78 is -0.137. The molecule has 2 unspecified atom stereocenters. The first-order chi connectivity index (χ1) is 13.5. The Morgan fingerprint density at radius 1 is 0.786 bits per heavy atom. The van der Waals surface area contributed by atoms with Crippen LogP contribution < -0.4 is 11.5 Å². The second kappa shape index (κ2) is 7.86. The SMILES string of the molecule is CC(N)c1cnc(-c2ccc(-c3ccc(-c4cnc(C(N)I)[nH]4)cc3)cc2)[nH]1. The first-order valence-electron chi connectivity index (χ1n) is 8.97. The molecule has 4 rings (SSSR count). The number of rotatable bonds is 5. The number of hydrogen-bond acceptors (Lipinski definition) is 4. The summed E-state index contributed by atoms with van der Waals surface area (Å²) in [5, 5.41) is 0. The average molecular weight is 484 g/mol. The topological polar surface area (TPSA) is 109 Å². The monoisotopic (exact) mass is 484 g/mol. The molecule has 2 heterocycles. The third-order valence-electron chi connectivity index (χ3n) is 4.63. The van der Waals surface area contributed by atoms with Crippen LogP contribution in [0.2, 0.25) is 0 Å². The molecular weight excluding hydrogens is 463 g/mol. The van der Waals surface area contributed by atoms with Crippen LogP contribution in [0.25, 0.3) is 33.8 Å². The summed E-state index contributed by atoms with van der Waals surface area (Å²) in [6.45, 7) is 1.93. The average Bonchev–Trinajstić information content (AvgIpc) is 3.38. The fourth-order valence-electron chi connectivity index (χ4n) is 3.00. The number of aromatic nitrogens is 4. The molecule has 2 aromatic heterocycles. The molecule has 6 N–H and O–H groups in total. The van der Waals surface area contributed by atoms with Gasteiger partial charge in [-0.05, 0) is 23.6 Å². The van der Waals surface area contributed by atoms with E-state index in [4.69, 9.17) is 11.5 Å². The van der Waals surface area contributed by atoms with E-state index in [0.29, 0.717) is 0 Å². The maximum Gasteiger partial charge on any atom is 0.137 e. The minimum atomic E-state index is -0.137. The molecule has 2 aromatic carbocycles. The molecule has 0 saturated heterocycles. The molecule has 0 radical (unpaired) electrons. The fraction of sp³-hybridized carbons (Fsp3) is 0.143. The minimum absolute atomic E-state index is 0.0578. The zero-order valence-corrected chi connectivity index (χ0v) is 17.5. The number of aromatic amines is 2. The molecule has 0 bridgehead atoms. The smallest absolute Gasteiger partial charge is 0.137 e. The van der Waals surface area contributed by atoms with Gasteiger partial charge in [0.05, 0.1) is 23.8 Å². The van der Waals surface area contributed by atoms with Crippen LogP contribution in [0.4, 0.5) is 0 Å². The van der Waals surface area contributed by atoms with Gasteiger partial charge < -0.3 is 21.4 Å². The van der Waals surface area contributed by atoms with Crippen molar-refractivity contribution >= 4 is 22.6 Å². The van der Waals surface area contributed by atoms with Crippen molar-refractivity contribution in [3.63, 3.8) is 0 Å². The Morgan fingerprint density at radius 2 is 1.36 bits per heavy atom. The van der Waals surface area contributed by atoms with E-state index >= 15 is 0 Å². The van der Waals surface area contributed by atoms with E-state index in [0.717, 1.165) is 45.3 Å². The first-order valence-corrected chi connectivity index (χ1v) is 10.2. The van der Waals surface area contributed by atoms with Crippen LogP contribution in [-0.2, 0) is 0 Å². The van der Waals surface area contributed by atoms with Crippen molar-refractivity contribution in [1.29, 1.82) is 0 Å². The first kappa shape index (κ1) is 18.9. The Labute approximate surface area is 176 Å². The molecule has 0 fully saturated rings. The highest BCUT2D eigenvalue weighted by atomic mass is 127. The van der Waals surface area contributed by atoms with Crippen LogP contribution in [0, 0.1) is 0 Å². The quantitative estimate of drug-likeness (QED) is 0.189. The predicted molar refractivity (Wildman–Crippen MR) is 121 cm³/mol. The summed E-state index contributed by atoms with van der Waals surface area (Å²) in [5.41, 5.74) is 18.1. The Morgan fingerprint density at radius 3 is 1.86 bits per heavy atom. The van der Waals surface area contributed by atoms with E-state index in [2.05, 4.69) is 91.1 Å². The van der Waals surface area contributed by atoms with Crippen molar-refractivity contribution < 1.29 is 0 Å². The van der Waals surface area contributed by atoms with Crippen molar-refractivity contribution in [3.8, 4) is 33.8 Å². The van der Waals surface area contributed by atoms with Gasteiger partial charge >= 0.3 is 0 Å². The van der Waals surface area contributed by atoms with Crippen LogP contribution in [0.3, 0.4) is 0 Å². The highest BCUT2D eigenvalue weighted by molar-refractivity contribution is 14.1. The second-order valence-corrected chi connectivity index (χ2v) is 8.06.